The third-order valence-corrected chi connectivity index (χ3v) is 6.39. The average molecular weight is 456 g/mol. The van der Waals surface area contributed by atoms with E-state index in [-0.39, 0.29) is 5.82 Å². The molecule has 0 bridgehead atoms. The lowest BCUT2D eigenvalue weighted by atomic mass is 10.1. The van der Waals surface area contributed by atoms with Crippen LogP contribution in [0.3, 0.4) is 0 Å². The molecule has 4 rings (SSSR count). The summed E-state index contributed by atoms with van der Waals surface area (Å²) in [5.41, 5.74) is 7.39. The van der Waals surface area contributed by atoms with E-state index in [2.05, 4.69) is 78.8 Å². The molecule has 176 valence electrons. The number of halogens is 1. The summed E-state index contributed by atoms with van der Waals surface area (Å²) in [5, 5.41) is 0. The molecule has 4 aromatic rings. The van der Waals surface area contributed by atoms with E-state index in [9.17, 15) is 4.39 Å². The summed E-state index contributed by atoms with van der Waals surface area (Å²) < 4.78 is 15.8. The Morgan fingerprint density at radius 1 is 0.824 bits per heavy atom. The van der Waals surface area contributed by atoms with Gasteiger partial charge < -0.3 is 4.57 Å². The van der Waals surface area contributed by atoms with Crippen LogP contribution in [0, 0.1) is 19.7 Å². The van der Waals surface area contributed by atoms with E-state index in [0.717, 1.165) is 50.4 Å². The van der Waals surface area contributed by atoms with Crippen molar-refractivity contribution in [1.82, 2.24) is 14.5 Å². The van der Waals surface area contributed by atoms with Crippen LogP contribution >= 0.6 is 0 Å². The van der Waals surface area contributed by atoms with Crippen molar-refractivity contribution in [2.45, 2.75) is 59.8 Å². The van der Waals surface area contributed by atoms with Crippen molar-refractivity contribution in [2.75, 3.05) is 0 Å². The Hall–Kier alpha value is -3.24. The van der Waals surface area contributed by atoms with E-state index in [4.69, 9.17) is 4.98 Å². The molecule has 0 aliphatic rings. The van der Waals surface area contributed by atoms with Crippen molar-refractivity contribution in [1.29, 1.82) is 0 Å². The van der Waals surface area contributed by atoms with Gasteiger partial charge in [0.2, 0.25) is 0 Å². The minimum Gasteiger partial charge on any atom is -0.327 e. The van der Waals surface area contributed by atoms with Crippen LogP contribution in [0.1, 0.15) is 47.7 Å². The molecular weight excluding hydrogens is 421 g/mol. The molecule has 34 heavy (non-hydrogen) atoms. The number of hydrogen-bond donors (Lipinski definition) is 0. The molecule has 0 N–H and O–H groups in total. The number of imidazole rings is 1. The lowest BCUT2D eigenvalue weighted by molar-refractivity contribution is 0.241. The molecule has 0 saturated heterocycles. The van der Waals surface area contributed by atoms with Gasteiger partial charge in [-0.15, -0.1) is 0 Å². The molecule has 0 radical (unpaired) electrons. The van der Waals surface area contributed by atoms with E-state index in [0.29, 0.717) is 0 Å². The first-order valence-electron chi connectivity index (χ1n) is 12.2. The fraction of sp³-hybridized carbons (Fsp3) is 0.300. The summed E-state index contributed by atoms with van der Waals surface area (Å²) in [4.78, 5) is 7.26. The maximum atomic E-state index is 13.5. The molecule has 3 nitrogen and oxygen atoms in total. The highest BCUT2D eigenvalue weighted by molar-refractivity contribution is 5.56. The van der Waals surface area contributed by atoms with Gasteiger partial charge in [0, 0.05) is 31.7 Å². The zero-order valence-corrected chi connectivity index (χ0v) is 20.5. The molecular formula is C30H34FN3. The Morgan fingerprint density at radius 2 is 1.56 bits per heavy atom. The fourth-order valence-electron chi connectivity index (χ4n) is 4.33. The zero-order valence-electron chi connectivity index (χ0n) is 20.5. The summed E-state index contributed by atoms with van der Waals surface area (Å²) in [5.74, 6) is 0.687. The van der Waals surface area contributed by atoms with Crippen LogP contribution in [0.15, 0.2) is 79.0 Å². The molecule has 0 spiro atoms. The number of nitrogens with zero attached hydrogens (tertiary/aromatic N) is 3. The van der Waals surface area contributed by atoms with Gasteiger partial charge >= 0.3 is 0 Å². The number of aromatic nitrogens is 2. The predicted octanol–water partition coefficient (Wildman–Crippen LogP) is 7.31. The van der Waals surface area contributed by atoms with Crippen LogP contribution in [0.5, 0.6) is 0 Å². The van der Waals surface area contributed by atoms with E-state index in [1.165, 1.54) is 40.1 Å². The normalized spacial score (nSPS) is 11.3. The standard InChI is InChI=1S/C30H34FN3/c1-4-5-17-34-29(19-32-30(34)27-13-15-28(31)16-14-27)22-33(20-25-9-7-6-8-10-25)21-26-12-11-23(2)24(3)18-26/h6-16,18-19H,4-5,17,20-22H2,1-3H3. The minimum atomic E-state index is -0.224. The van der Waals surface area contributed by atoms with E-state index < -0.39 is 0 Å². The number of benzene rings is 3. The molecule has 0 aliphatic heterocycles. The van der Waals surface area contributed by atoms with Crippen LogP contribution < -0.4 is 0 Å². The first-order chi connectivity index (χ1) is 16.5. The van der Waals surface area contributed by atoms with Gasteiger partial charge in [0.1, 0.15) is 11.6 Å². The lowest BCUT2D eigenvalue weighted by Crippen LogP contribution is -2.24. The van der Waals surface area contributed by atoms with Gasteiger partial charge in [0.15, 0.2) is 0 Å². The Balaban J connectivity index is 1.65. The van der Waals surface area contributed by atoms with Gasteiger partial charge in [0.05, 0.1) is 11.9 Å². The molecule has 3 aromatic carbocycles. The minimum absolute atomic E-state index is 0.224. The Kier molecular flexibility index (Phi) is 7.91. The molecule has 0 fully saturated rings. The Morgan fingerprint density at radius 3 is 2.26 bits per heavy atom. The molecule has 0 aliphatic carbocycles. The lowest BCUT2D eigenvalue weighted by Gasteiger charge is -2.24. The molecule has 4 heteroatoms. The van der Waals surface area contributed by atoms with E-state index >= 15 is 0 Å². The van der Waals surface area contributed by atoms with Crippen LogP contribution in [0.2, 0.25) is 0 Å². The smallest absolute Gasteiger partial charge is 0.140 e. The SMILES string of the molecule is CCCCn1c(CN(Cc2ccccc2)Cc2ccc(C)c(C)c2)cnc1-c1ccc(F)cc1. The average Bonchev–Trinajstić information content (AvgIpc) is 3.23. The highest BCUT2D eigenvalue weighted by atomic mass is 19.1. The monoisotopic (exact) mass is 455 g/mol. The van der Waals surface area contributed by atoms with Gasteiger partial charge in [-0.1, -0.05) is 61.9 Å². The van der Waals surface area contributed by atoms with E-state index in [1.54, 1.807) is 0 Å². The van der Waals surface area contributed by atoms with Crippen LogP contribution in [-0.2, 0) is 26.2 Å². The van der Waals surface area contributed by atoms with Crippen molar-refractivity contribution >= 4 is 0 Å². The van der Waals surface area contributed by atoms with Crippen molar-refractivity contribution < 1.29 is 4.39 Å². The maximum Gasteiger partial charge on any atom is 0.140 e. The second-order valence-electron chi connectivity index (χ2n) is 9.13. The molecule has 1 heterocycles. The first-order valence-corrected chi connectivity index (χ1v) is 12.2. The van der Waals surface area contributed by atoms with Gasteiger partial charge in [-0.05, 0) is 66.8 Å². The zero-order chi connectivity index (χ0) is 23.9. The maximum absolute atomic E-state index is 13.5. The number of aryl methyl sites for hydroxylation is 2. The highest BCUT2D eigenvalue weighted by Gasteiger charge is 2.16. The molecule has 0 amide bonds. The highest BCUT2D eigenvalue weighted by Crippen LogP contribution is 2.23. The molecule has 1 aromatic heterocycles. The van der Waals surface area contributed by atoms with Gasteiger partial charge in [-0.3, -0.25) is 4.90 Å². The first kappa shape index (κ1) is 23.9. The Labute approximate surface area is 202 Å². The summed E-state index contributed by atoms with van der Waals surface area (Å²) in [6, 6.07) is 24.0. The molecule has 0 saturated carbocycles. The van der Waals surface area contributed by atoms with Gasteiger partial charge in [0.25, 0.3) is 0 Å². The summed E-state index contributed by atoms with van der Waals surface area (Å²) in [7, 11) is 0. The van der Waals surface area contributed by atoms with Crippen LogP contribution in [0.25, 0.3) is 11.4 Å². The van der Waals surface area contributed by atoms with Crippen molar-refractivity contribution in [3.8, 4) is 11.4 Å². The second-order valence-corrected chi connectivity index (χ2v) is 9.13. The molecule has 0 atom stereocenters. The Bertz CT molecular complexity index is 1200. The topological polar surface area (TPSA) is 21.1 Å². The summed E-state index contributed by atoms with van der Waals surface area (Å²) in [6.45, 7) is 9.95. The van der Waals surface area contributed by atoms with E-state index in [1.807, 2.05) is 18.3 Å². The number of rotatable bonds is 10. The second kappa shape index (κ2) is 11.3. The largest absolute Gasteiger partial charge is 0.327 e. The third-order valence-electron chi connectivity index (χ3n) is 6.39. The van der Waals surface area contributed by atoms with Crippen LogP contribution in [-0.4, -0.2) is 14.5 Å². The van der Waals surface area contributed by atoms with Crippen molar-refractivity contribution in [3.63, 3.8) is 0 Å². The quantitative estimate of drug-likeness (QED) is 0.250. The predicted molar refractivity (Wildman–Crippen MR) is 138 cm³/mol. The third kappa shape index (κ3) is 6.00. The van der Waals surface area contributed by atoms with Gasteiger partial charge in [-0.2, -0.15) is 0 Å². The molecule has 0 unspecified atom stereocenters. The number of unbranched alkanes of at least 4 members (excludes halogenated alkanes) is 1. The van der Waals surface area contributed by atoms with Crippen LogP contribution in [0.4, 0.5) is 4.39 Å². The summed E-state index contributed by atoms with van der Waals surface area (Å²) >= 11 is 0. The van der Waals surface area contributed by atoms with Crippen molar-refractivity contribution in [3.05, 3.63) is 113 Å². The van der Waals surface area contributed by atoms with Gasteiger partial charge in [-0.25, -0.2) is 9.37 Å². The number of hydrogen-bond acceptors (Lipinski definition) is 2. The van der Waals surface area contributed by atoms with Crippen molar-refractivity contribution in [2.24, 2.45) is 0 Å². The fourth-order valence-corrected chi connectivity index (χ4v) is 4.33. The summed E-state index contributed by atoms with van der Waals surface area (Å²) in [6.07, 6.45) is 4.18.